The van der Waals surface area contributed by atoms with Crippen LogP contribution in [-0.4, -0.2) is 31.0 Å². The predicted octanol–water partition coefficient (Wildman–Crippen LogP) is 1.81. The lowest BCUT2D eigenvalue weighted by atomic mass is 10.3. The van der Waals surface area contributed by atoms with Crippen LogP contribution in [0, 0.1) is 0 Å². The first-order valence-electron chi connectivity index (χ1n) is 5.22. The van der Waals surface area contributed by atoms with E-state index in [0.717, 1.165) is 23.1 Å². The first-order valence-corrected chi connectivity index (χ1v) is 6.01. The van der Waals surface area contributed by atoms with Gasteiger partial charge in [-0.15, -0.1) is 0 Å². The lowest BCUT2D eigenvalue weighted by Crippen LogP contribution is -2.35. The van der Waals surface area contributed by atoms with Crippen molar-refractivity contribution in [2.75, 3.05) is 25.0 Å². The predicted molar refractivity (Wildman–Crippen MR) is 68.5 cm³/mol. The molecular formula is C11H16BrN3O. The number of nitrogens with zero attached hydrogens (tertiary/aromatic N) is 2. The number of likely N-dealkylation sites (N-methyl/N-ethyl adjacent to an activating group) is 1. The van der Waals surface area contributed by atoms with Gasteiger partial charge in [0.2, 0.25) is 5.91 Å². The molecule has 16 heavy (non-hydrogen) atoms. The van der Waals surface area contributed by atoms with E-state index in [9.17, 15) is 4.79 Å². The largest absolute Gasteiger partial charge is 0.364 e. The molecule has 0 aliphatic heterocycles. The van der Waals surface area contributed by atoms with Gasteiger partial charge in [0.05, 0.1) is 16.7 Å². The Morgan fingerprint density at radius 2 is 2.38 bits per heavy atom. The van der Waals surface area contributed by atoms with Crippen molar-refractivity contribution in [2.45, 2.75) is 13.3 Å². The van der Waals surface area contributed by atoms with E-state index in [2.05, 4.69) is 26.2 Å². The van der Waals surface area contributed by atoms with Crippen molar-refractivity contribution < 1.29 is 4.79 Å². The molecule has 5 heteroatoms. The quantitative estimate of drug-likeness (QED) is 0.898. The number of amides is 1. The highest BCUT2D eigenvalue weighted by atomic mass is 79.9. The van der Waals surface area contributed by atoms with Crippen LogP contribution < -0.4 is 10.2 Å². The fraction of sp³-hybridized carbons (Fsp3) is 0.455. The first kappa shape index (κ1) is 13.0. The molecule has 0 unspecified atom stereocenters. The molecule has 4 nitrogen and oxygen atoms in total. The van der Waals surface area contributed by atoms with Gasteiger partial charge in [-0.1, -0.05) is 6.92 Å². The van der Waals surface area contributed by atoms with Crippen molar-refractivity contribution in [1.82, 2.24) is 10.3 Å². The van der Waals surface area contributed by atoms with E-state index in [1.165, 1.54) is 0 Å². The lowest BCUT2D eigenvalue weighted by Gasteiger charge is -2.19. The minimum absolute atomic E-state index is 0.0352. The van der Waals surface area contributed by atoms with Crippen molar-refractivity contribution in [3.8, 4) is 0 Å². The highest BCUT2D eigenvalue weighted by molar-refractivity contribution is 9.10. The fourth-order valence-electron chi connectivity index (χ4n) is 1.30. The Kier molecular flexibility index (Phi) is 5.25. The summed E-state index contributed by atoms with van der Waals surface area (Å²) in [4.78, 5) is 17.4. The van der Waals surface area contributed by atoms with Gasteiger partial charge in [-0.05, 0) is 28.4 Å². The molecule has 1 heterocycles. The van der Waals surface area contributed by atoms with Crippen molar-refractivity contribution in [3.63, 3.8) is 0 Å². The smallest absolute Gasteiger partial charge is 0.239 e. The van der Waals surface area contributed by atoms with E-state index in [4.69, 9.17) is 0 Å². The zero-order valence-electron chi connectivity index (χ0n) is 9.53. The van der Waals surface area contributed by atoms with Crippen LogP contribution in [0.25, 0.3) is 0 Å². The minimum atomic E-state index is 0.0352. The van der Waals surface area contributed by atoms with E-state index in [-0.39, 0.29) is 5.91 Å². The molecule has 0 aliphatic rings. The summed E-state index contributed by atoms with van der Waals surface area (Å²) in [5.74, 6) is 0.0352. The number of rotatable bonds is 5. The van der Waals surface area contributed by atoms with Crippen molar-refractivity contribution >= 4 is 27.5 Å². The second kappa shape index (κ2) is 6.48. The third-order valence-corrected chi connectivity index (χ3v) is 2.73. The second-order valence-corrected chi connectivity index (χ2v) is 4.39. The highest BCUT2D eigenvalue weighted by Crippen LogP contribution is 2.22. The Balaban J connectivity index is 2.55. The van der Waals surface area contributed by atoms with Crippen LogP contribution in [-0.2, 0) is 4.79 Å². The molecule has 88 valence electrons. The number of anilines is 1. The summed E-state index contributed by atoms with van der Waals surface area (Å²) < 4.78 is 0.890. The maximum Gasteiger partial charge on any atom is 0.239 e. The van der Waals surface area contributed by atoms with E-state index in [0.29, 0.717) is 6.54 Å². The fourth-order valence-corrected chi connectivity index (χ4v) is 1.85. The second-order valence-electron chi connectivity index (χ2n) is 3.53. The molecule has 1 rings (SSSR count). The summed E-state index contributed by atoms with van der Waals surface area (Å²) in [6.45, 7) is 3.11. The summed E-state index contributed by atoms with van der Waals surface area (Å²) in [5, 5.41) is 2.84. The molecule has 1 N–H and O–H groups in total. The Bertz CT molecular complexity index is 357. The van der Waals surface area contributed by atoms with Crippen LogP contribution in [0.5, 0.6) is 0 Å². The van der Waals surface area contributed by atoms with Crippen molar-refractivity contribution in [2.24, 2.45) is 0 Å². The van der Waals surface area contributed by atoms with Crippen LogP contribution in [0.3, 0.4) is 0 Å². The molecule has 0 radical (unpaired) electrons. The van der Waals surface area contributed by atoms with Crippen molar-refractivity contribution in [3.05, 3.63) is 22.9 Å². The monoisotopic (exact) mass is 285 g/mol. The average Bonchev–Trinajstić information content (AvgIpc) is 2.26. The number of aromatic nitrogens is 1. The van der Waals surface area contributed by atoms with Crippen LogP contribution in [0.4, 0.5) is 5.69 Å². The molecule has 0 saturated carbocycles. The molecule has 0 spiro atoms. The van der Waals surface area contributed by atoms with Gasteiger partial charge < -0.3 is 10.2 Å². The third kappa shape index (κ3) is 3.81. The van der Waals surface area contributed by atoms with Gasteiger partial charge in [0.25, 0.3) is 0 Å². The van der Waals surface area contributed by atoms with Gasteiger partial charge in [-0.3, -0.25) is 9.78 Å². The van der Waals surface area contributed by atoms with Crippen LogP contribution in [0.2, 0.25) is 0 Å². The SMILES string of the molecule is CCCNC(=O)CN(C)c1ccncc1Br. The molecular weight excluding hydrogens is 270 g/mol. The van der Waals surface area contributed by atoms with Crippen molar-refractivity contribution in [1.29, 1.82) is 0 Å². The molecule has 0 fully saturated rings. The maximum atomic E-state index is 11.5. The number of nitrogens with one attached hydrogen (secondary N) is 1. The molecule has 0 aromatic carbocycles. The van der Waals surface area contributed by atoms with E-state index >= 15 is 0 Å². The molecule has 0 aliphatic carbocycles. The summed E-state index contributed by atoms with van der Waals surface area (Å²) in [6, 6.07) is 1.87. The number of carbonyl (C=O) groups excluding carboxylic acids is 1. The minimum Gasteiger partial charge on any atom is -0.364 e. The molecule has 0 bridgehead atoms. The van der Waals surface area contributed by atoms with Gasteiger partial charge in [-0.2, -0.15) is 0 Å². The zero-order chi connectivity index (χ0) is 12.0. The molecule has 1 aromatic heterocycles. The van der Waals surface area contributed by atoms with Gasteiger partial charge in [0, 0.05) is 26.0 Å². The van der Waals surface area contributed by atoms with E-state index in [1.54, 1.807) is 12.4 Å². The Morgan fingerprint density at radius 3 is 3.00 bits per heavy atom. The van der Waals surface area contributed by atoms with Crippen LogP contribution in [0.1, 0.15) is 13.3 Å². The van der Waals surface area contributed by atoms with Gasteiger partial charge >= 0.3 is 0 Å². The number of halogens is 1. The number of pyridine rings is 1. The Morgan fingerprint density at radius 1 is 1.62 bits per heavy atom. The van der Waals surface area contributed by atoms with E-state index in [1.807, 2.05) is 24.9 Å². The molecule has 0 atom stereocenters. The standard InChI is InChI=1S/C11H16BrN3O/c1-3-5-14-11(16)8-15(2)10-4-6-13-7-9(10)12/h4,6-7H,3,5,8H2,1-2H3,(H,14,16). The third-order valence-electron chi connectivity index (χ3n) is 2.12. The normalized spacial score (nSPS) is 9.94. The summed E-state index contributed by atoms with van der Waals surface area (Å²) in [6.07, 6.45) is 4.38. The molecule has 1 aromatic rings. The number of carbonyl (C=O) groups is 1. The van der Waals surface area contributed by atoms with Gasteiger partial charge in [0.15, 0.2) is 0 Å². The highest BCUT2D eigenvalue weighted by Gasteiger charge is 2.09. The first-order chi connectivity index (χ1) is 7.65. The summed E-state index contributed by atoms with van der Waals surface area (Å²) in [5.41, 5.74) is 0.960. The summed E-state index contributed by atoms with van der Waals surface area (Å²) in [7, 11) is 1.88. The molecule has 1 amide bonds. The van der Waals surface area contributed by atoms with Gasteiger partial charge in [0.1, 0.15) is 0 Å². The topological polar surface area (TPSA) is 45.2 Å². The van der Waals surface area contributed by atoms with E-state index < -0.39 is 0 Å². The number of hydrogen-bond acceptors (Lipinski definition) is 3. The zero-order valence-corrected chi connectivity index (χ0v) is 11.1. The summed E-state index contributed by atoms with van der Waals surface area (Å²) >= 11 is 3.40. The lowest BCUT2D eigenvalue weighted by molar-refractivity contribution is -0.119. The van der Waals surface area contributed by atoms with Crippen LogP contribution in [0.15, 0.2) is 22.9 Å². The Labute approximate surface area is 104 Å². The van der Waals surface area contributed by atoms with Gasteiger partial charge in [-0.25, -0.2) is 0 Å². The van der Waals surface area contributed by atoms with Crippen LogP contribution >= 0.6 is 15.9 Å². The maximum absolute atomic E-state index is 11.5. The molecule has 0 saturated heterocycles. The Hall–Kier alpha value is -1.10. The number of hydrogen-bond donors (Lipinski definition) is 1. The average molecular weight is 286 g/mol.